The highest BCUT2D eigenvalue weighted by Crippen LogP contribution is 2.22. The lowest BCUT2D eigenvalue weighted by atomic mass is 10.2. The summed E-state index contributed by atoms with van der Waals surface area (Å²) in [5, 5.41) is 12.0. The van der Waals surface area contributed by atoms with E-state index in [4.69, 9.17) is 28.3 Å². The number of carboxylic acid groups (broad SMARTS) is 1. The Morgan fingerprint density at radius 1 is 1.22 bits per heavy atom. The van der Waals surface area contributed by atoms with Crippen molar-refractivity contribution in [2.75, 3.05) is 11.5 Å². The molecule has 18 heavy (non-hydrogen) atoms. The van der Waals surface area contributed by atoms with Gasteiger partial charge in [-0.15, -0.1) is 11.8 Å². The maximum absolute atomic E-state index is 11.4. The molecule has 2 N–H and O–H groups in total. The molecule has 0 aliphatic heterocycles. The molecule has 0 spiro atoms. The first-order valence-corrected chi connectivity index (χ1v) is 6.90. The minimum atomic E-state index is -0.933. The molecule has 0 aromatic heterocycles. The zero-order valence-corrected chi connectivity index (χ0v) is 11.6. The van der Waals surface area contributed by atoms with E-state index in [0.29, 0.717) is 16.6 Å². The van der Waals surface area contributed by atoms with Crippen LogP contribution in [-0.4, -0.2) is 28.5 Å². The van der Waals surface area contributed by atoms with Crippen LogP contribution in [0, 0.1) is 0 Å². The van der Waals surface area contributed by atoms with Crippen molar-refractivity contribution < 1.29 is 14.7 Å². The third-order valence-electron chi connectivity index (χ3n) is 1.93. The van der Waals surface area contributed by atoms with Gasteiger partial charge >= 0.3 is 5.97 Å². The monoisotopic (exact) mass is 307 g/mol. The first kappa shape index (κ1) is 15.1. The van der Waals surface area contributed by atoms with Crippen molar-refractivity contribution in [1.29, 1.82) is 0 Å². The van der Waals surface area contributed by atoms with Gasteiger partial charge < -0.3 is 10.4 Å². The molecular weight excluding hydrogens is 297 g/mol. The van der Waals surface area contributed by atoms with E-state index in [1.54, 1.807) is 18.2 Å². The van der Waals surface area contributed by atoms with E-state index >= 15 is 0 Å². The van der Waals surface area contributed by atoms with Gasteiger partial charge in [0.15, 0.2) is 0 Å². The minimum Gasteiger partial charge on any atom is -0.481 e. The second kappa shape index (κ2) is 7.51. The molecule has 7 heteroatoms. The Bertz CT molecular complexity index is 454. The van der Waals surface area contributed by atoms with Crippen molar-refractivity contribution in [3.05, 3.63) is 33.8 Å². The summed E-state index contributed by atoms with van der Waals surface area (Å²) in [7, 11) is 0. The van der Waals surface area contributed by atoms with E-state index in [1.165, 1.54) is 0 Å². The number of hydrogen-bond acceptors (Lipinski definition) is 3. The topological polar surface area (TPSA) is 66.4 Å². The number of halogens is 2. The summed E-state index contributed by atoms with van der Waals surface area (Å²) in [4.78, 5) is 21.6. The maximum atomic E-state index is 11.4. The van der Waals surface area contributed by atoms with Gasteiger partial charge in [0, 0.05) is 6.54 Å². The molecule has 4 nitrogen and oxygen atoms in total. The zero-order chi connectivity index (χ0) is 13.5. The number of carbonyl (C=O) groups excluding carboxylic acids is 1. The highest BCUT2D eigenvalue weighted by atomic mass is 35.5. The van der Waals surface area contributed by atoms with Crippen LogP contribution in [-0.2, 0) is 16.1 Å². The predicted molar refractivity (Wildman–Crippen MR) is 73.3 cm³/mol. The largest absolute Gasteiger partial charge is 0.481 e. The lowest BCUT2D eigenvalue weighted by Crippen LogP contribution is -2.25. The fourth-order valence-corrected chi connectivity index (χ4v) is 2.02. The molecule has 0 saturated carbocycles. The number of carbonyl (C=O) groups is 2. The maximum Gasteiger partial charge on any atom is 0.313 e. The van der Waals surface area contributed by atoms with Crippen LogP contribution in [0.3, 0.4) is 0 Å². The summed E-state index contributed by atoms with van der Waals surface area (Å²) >= 11 is 12.6. The summed E-state index contributed by atoms with van der Waals surface area (Å²) in [5.41, 5.74) is 0.834. The fourth-order valence-electron chi connectivity index (χ4n) is 1.13. The molecular formula is C11H11Cl2NO3S. The minimum absolute atomic E-state index is 0.0831. The zero-order valence-electron chi connectivity index (χ0n) is 9.28. The van der Waals surface area contributed by atoms with Gasteiger partial charge in [-0.25, -0.2) is 0 Å². The number of benzene rings is 1. The van der Waals surface area contributed by atoms with Crippen molar-refractivity contribution >= 4 is 46.8 Å². The fraction of sp³-hybridized carbons (Fsp3) is 0.273. The molecule has 1 rings (SSSR count). The predicted octanol–water partition coefficient (Wildman–Crippen LogP) is 2.43. The summed E-state index contributed by atoms with van der Waals surface area (Å²) in [6, 6.07) is 5.10. The molecule has 98 valence electrons. The Morgan fingerprint density at radius 3 is 2.56 bits per heavy atom. The van der Waals surface area contributed by atoms with Crippen molar-refractivity contribution in [2.24, 2.45) is 0 Å². The van der Waals surface area contributed by atoms with Crippen LogP contribution in [0.25, 0.3) is 0 Å². The number of thioether (sulfide) groups is 1. The van der Waals surface area contributed by atoms with Gasteiger partial charge in [0.25, 0.3) is 0 Å². The summed E-state index contributed by atoms with van der Waals surface area (Å²) in [5.74, 6) is -1.11. The normalized spacial score (nSPS) is 10.1. The number of carboxylic acids is 1. The van der Waals surface area contributed by atoms with Gasteiger partial charge in [0.05, 0.1) is 21.6 Å². The smallest absolute Gasteiger partial charge is 0.313 e. The average molecular weight is 308 g/mol. The first-order chi connectivity index (χ1) is 8.49. The van der Waals surface area contributed by atoms with Crippen LogP contribution in [0.5, 0.6) is 0 Å². The Hall–Kier alpha value is -0.910. The van der Waals surface area contributed by atoms with Gasteiger partial charge in [-0.2, -0.15) is 0 Å². The van der Waals surface area contributed by atoms with Crippen LogP contribution in [0.2, 0.25) is 10.0 Å². The number of hydrogen-bond donors (Lipinski definition) is 2. The molecule has 0 saturated heterocycles. The Morgan fingerprint density at radius 2 is 1.94 bits per heavy atom. The van der Waals surface area contributed by atoms with Crippen molar-refractivity contribution in [3.8, 4) is 0 Å². The molecule has 0 unspecified atom stereocenters. The van der Waals surface area contributed by atoms with Gasteiger partial charge in [-0.1, -0.05) is 29.3 Å². The number of aliphatic carboxylic acids is 1. The number of rotatable bonds is 6. The van der Waals surface area contributed by atoms with E-state index < -0.39 is 5.97 Å². The second-order valence-corrected chi connectivity index (χ2v) is 5.21. The summed E-state index contributed by atoms with van der Waals surface area (Å²) < 4.78 is 0. The van der Waals surface area contributed by atoms with Gasteiger partial charge in [0.1, 0.15) is 0 Å². The second-order valence-electron chi connectivity index (χ2n) is 3.41. The van der Waals surface area contributed by atoms with Crippen molar-refractivity contribution in [3.63, 3.8) is 0 Å². The summed E-state index contributed by atoms with van der Waals surface area (Å²) in [6.07, 6.45) is 0. The third kappa shape index (κ3) is 5.62. The Kier molecular flexibility index (Phi) is 6.32. The van der Waals surface area contributed by atoms with Crippen molar-refractivity contribution in [1.82, 2.24) is 5.32 Å². The van der Waals surface area contributed by atoms with E-state index in [0.717, 1.165) is 17.3 Å². The SMILES string of the molecule is O=C(O)CSCC(=O)NCc1ccc(Cl)c(Cl)c1. The van der Waals surface area contributed by atoms with Gasteiger partial charge in [0.2, 0.25) is 5.91 Å². The van der Waals surface area contributed by atoms with E-state index in [1.807, 2.05) is 0 Å². The van der Waals surface area contributed by atoms with E-state index in [-0.39, 0.29) is 17.4 Å². The lowest BCUT2D eigenvalue weighted by Gasteiger charge is -2.05. The summed E-state index contributed by atoms with van der Waals surface area (Å²) in [6.45, 7) is 0.337. The van der Waals surface area contributed by atoms with Crippen LogP contribution in [0.1, 0.15) is 5.56 Å². The van der Waals surface area contributed by atoms with Crippen LogP contribution >= 0.6 is 35.0 Å². The highest BCUT2D eigenvalue weighted by Gasteiger charge is 2.05. The Balaban J connectivity index is 2.33. The van der Waals surface area contributed by atoms with Crippen LogP contribution in [0.4, 0.5) is 0 Å². The van der Waals surface area contributed by atoms with E-state index in [2.05, 4.69) is 5.32 Å². The molecule has 0 heterocycles. The van der Waals surface area contributed by atoms with Crippen molar-refractivity contribution in [2.45, 2.75) is 6.54 Å². The number of amides is 1. The first-order valence-electron chi connectivity index (χ1n) is 4.99. The molecule has 0 radical (unpaired) electrons. The Labute approximate surface area is 119 Å². The quantitative estimate of drug-likeness (QED) is 0.847. The van der Waals surface area contributed by atoms with Crippen LogP contribution < -0.4 is 5.32 Å². The molecule has 0 fully saturated rings. The molecule has 0 aliphatic carbocycles. The van der Waals surface area contributed by atoms with Crippen LogP contribution in [0.15, 0.2) is 18.2 Å². The average Bonchev–Trinajstić information content (AvgIpc) is 2.30. The third-order valence-corrected chi connectivity index (χ3v) is 3.59. The standard InChI is InChI=1S/C11H11Cl2NO3S/c12-8-2-1-7(3-9(8)13)4-14-10(15)5-18-6-11(16)17/h1-3H,4-6H2,(H,14,15)(H,16,17). The molecule has 0 atom stereocenters. The van der Waals surface area contributed by atoms with E-state index in [9.17, 15) is 9.59 Å². The molecule has 1 aromatic carbocycles. The molecule has 1 amide bonds. The lowest BCUT2D eigenvalue weighted by molar-refractivity contribution is -0.133. The highest BCUT2D eigenvalue weighted by molar-refractivity contribution is 8.00. The van der Waals surface area contributed by atoms with Gasteiger partial charge in [-0.05, 0) is 17.7 Å². The molecule has 0 bridgehead atoms. The van der Waals surface area contributed by atoms with Gasteiger partial charge in [-0.3, -0.25) is 9.59 Å². The number of nitrogens with one attached hydrogen (secondary N) is 1. The molecule has 1 aromatic rings. The molecule has 0 aliphatic rings.